The molecule has 18 nitrogen and oxygen atoms in total. The first-order valence-electron chi connectivity index (χ1n) is 22.3. The number of carbonyl (C=O) groups excluding carboxylic acids is 3. The summed E-state index contributed by atoms with van der Waals surface area (Å²) in [6, 6.07) is 11.2. The summed E-state index contributed by atoms with van der Waals surface area (Å²) < 4.78 is 13.9. The van der Waals surface area contributed by atoms with E-state index >= 15 is 0 Å². The number of hydrogen-bond donors (Lipinski definition) is 4. The van der Waals surface area contributed by atoms with Gasteiger partial charge in [-0.15, -0.1) is 0 Å². The van der Waals surface area contributed by atoms with Gasteiger partial charge in [0.15, 0.2) is 18.2 Å². The number of anilines is 4. The number of hydrogen-bond acceptors (Lipinski definition) is 14. The van der Waals surface area contributed by atoms with E-state index in [1.165, 1.54) is 7.05 Å². The highest BCUT2D eigenvalue weighted by molar-refractivity contribution is 6.33. The van der Waals surface area contributed by atoms with Gasteiger partial charge in [-0.2, -0.15) is 4.98 Å². The minimum atomic E-state index is -1.08. The van der Waals surface area contributed by atoms with Gasteiger partial charge in [-0.1, -0.05) is 11.6 Å². The van der Waals surface area contributed by atoms with E-state index in [9.17, 15) is 24.3 Å². The standard InChI is InChI=1S/C45H56ClN11O7/c1-25(2)57-35-7-5-28(17-27(35)18-37(44(57)62)63-24-40(59)47-4)49-41-33(46)21-48-45(52-41)53-13-11-30(12-14-53)64-31-19-29(20-31)54-15-16-55(26(3)22-54)38-9-6-32-34(50-38)23-56(43(32)61)36-8-10-39(58)51-42(36)60/h5-7,9,17-18,21,25-26,29-31,36,42,60H,8,10-16,19-20,22-24H2,1-4H3,(H,47,59)(H,51,58)(H,48,49,52)/t26-,29-,31-,36?,42?/m0/s1. The number of nitrogens with one attached hydrogen (secondary N) is 3. The number of pyridine rings is 2. The SMILES string of the molecule is CNC(=O)COc1cc2cc(Nc3nc(N4CCC(O[C@H]5C[C@H](N6CCN(c7ccc8c(n7)CN(C7CCC(=O)NC7O)C8=O)[C@@H](C)C6)C5)CC4)ncc3Cl)ccc2n(C(C)C)c1=O. The Bertz CT molecular complexity index is 2490. The number of piperazine rings is 1. The molecule has 9 rings (SSSR count). The Morgan fingerprint density at radius 1 is 1.00 bits per heavy atom. The molecule has 4 aromatic rings. The van der Waals surface area contributed by atoms with E-state index in [2.05, 4.69) is 42.6 Å². The third-order valence-electron chi connectivity index (χ3n) is 13.3. The topological polar surface area (TPSA) is 200 Å². The van der Waals surface area contributed by atoms with Crippen LogP contribution in [0.1, 0.15) is 81.4 Å². The molecule has 340 valence electrons. The van der Waals surface area contributed by atoms with Crippen molar-refractivity contribution in [1.82, 2.24) is 40.0 Å². The molecule has 0 spiro atoms. The van der Waals surface area contributed by atoms with Crippen LogP contribution in [0.25, 0.3) is 10.9 Å². The van der Waals surface area contributed by atoms with E-state index in [0.29, 0.717) is 47.0 Å². The number of piperidine rings is 2. The zero-order chi connectivity index (χ0) is 44.8. The second-order valence-corrected chi connectivity index (χ2v) is 18.2. The molecule has 64 heavy (non-hydrogen) atoms. The molecule has 3 atom stereocenters. The molecule has 3 saturated heterocycles. The van der Waals surface area contributed by atoms with E-state index in [0.717, 1.165) is 80.8 Å². The third kappa shape index (κ3) is 8.80. The Morgan fingerprint density at radius 3 is 2.53 bits per heavy atom. The maximum atomic E-state index is 13.3. The van der Waals surface area contributed by atoms with Crippen molar-refractivity contribution in [3.8, 4) is 5.75 Å². The summed E-state index contributed by atoms with van der Waals surface area (Å²) in [6.07, 6.45) is 5.41. The van der Waals surface area contributed by atoms with Gasteiger partial charge < -0.3 is 49.8 Å². The Hall–Kier alpha value is -5.56. The molecule has 4 N–H and O–H groups in total. The van der Waals surface area contributed by atoms with Crippen LogP contribution < -0.4 is 36.0 Å². The van der Waals surface area contributed by atoms with Crippen molar-refractivity contribution in [3.05, 3.63) is 69.2 Å². The molecule has 1 aromatic carbocycles. The van der Waals surface area contributed by atoms with E-state index in [1.807, 2.05) is 44.2 Å². The molecule has 3 amide bonds. The lowest BCUT2D eigenvalue weighted by molar-refractivity contribution is -0.129. The van der Waals surface area contributed by atoms with Gasteiger partial charge in [-0.05, 0) is 89.3 Å². The number of aliphatic hydroxyl groups is 1. The van der Waals surface area contributed by atoms with Gasteiger partial charge in [0, 0.05) is 75.4 Å². The molecule has 1 aliphatic carbocycles. The Balaban J connectivity index is 0.748. The first-order valence-corrected chi connectivity index (χ1v) is 22.7. The number of ether oxygens (including phenoxy) is 2. The number of aliphatic hydroxyl groups excluding tert-OH is 1. The quantitative estimate of drug-likeness (QED) is 0.161. The van der Waals surface area contributed by atoms with Crippen molar-refractivity contribution in [2.75, 3.05) is 61.5 Å². The van der Waals surface area contributed by atoms with Gasteiger partial charge in [-0.25, -0.2) is 9.97 Å². The van der Waals surface area contributed by atoms with E-state index in [-0.39, 0.29) is 66.3 Å². The zero-order valence-electron chi connectivity index (χ0n) is 36.6. The molecule has 3 aromatic heterocycles. The Labute approximate surface area is 376 Å². The predicted molar refractivity (Wildman–Crippen MR) is 241 cm³/mol. The Kier molecular flexibility index (Phi) is 12.4. The van der Waals surface area contributed by atoms with Crippen LogP contribution in [0.15, 0.2) is 47.4 Å². The van der Waals surface area contributed by atoms with Crippen molar-refractivity contribution in [3.63, 3.8) is 0 Å². The molecule has 1 saturated carbocycles. The summed E-state index contributed by atoms with van der Waals surface area (Å²) in [4.78, 5) is 73.1. The molecule has 4 aliphatic heterocycles. The van der Waals surface area contributed by atoms with Gasteiger partial charge in [0.25, 0.3) is 17.4 Å². The fourth-order valence-corrected chi connectivity index (χ4v) is 9.89. The number of nitrogens with zero attached hydrogens (tertiary/aromatic N) is 8. The number of amides is 3. The van der Waals surface area contributed by atoms with E-state index in [1.54, 1.807) is 21.7 Å². The highest BCUT2D eigenvalue weighted by atomic mass is 35.5. The minimum Gasteiger partial charge on any atom is -0.478 e. The minimum absolute atomic E-state index is 0.0933. The molecule has 0 radical (unpaired) electrons. The fraction of sp³-hybridized carbons (Fsp3) is 0.533. The lowest BCUT2D eigenvalue weighted by atomic mass is 9.86. The average molecular weight is 898 g/mol. The second kappa shape index (κ2) is 18.1. The van der Waals surface area contributed by atoms with Crippen molar-refractivity contribution in [2.45, 2.75) is 108 Å². The lowest BCUT2D eigenvalue weighted by Gasteiger charge is -2.49. The van der Waals surface area contributed by atoms with Gasteiger partial charge in [0.2, 0.25) is 11.9 Å². The number of rotatable bonds is 12. The molecule has 7 heterocycles. The smallest absolute Gasteiger partial charge is 0.293 e. The number of likely N-dealkylation sites (N-methyl/N-ethyl adjacent to an activating group) is 1. The average Bonchev–Trinajstić information content (AvgIpc) is 3.59. The van der Waals surface area contributed by atoms with Crippen LogP contribution in [0.5, 0.6) is 5.75 Å². The number of aromatic nitrogens is 4. The Morgan fingerprint density at radius 2 is 1.80 bits per heavy atom. The summed E-state index contributed by atoms with van der Waals surface area (Å²) in [5, 5.41) is 20.0. The summed E-state index contributed by atoms with van der Waals surface area (Å²) >= 11 is 6.61. The van der Waals surface area contributed by atoms with Crippen molar-refractivity contribution >= 4 is 63.5 Å². The van der Waals surface area contributed by atoms with Crippen LogP contribution in [-0.2, 0) is 20.9 Å². The van der Waals surface area contributed by atoms with Gasteiger partial charge >= 0.3 is 0 Å². The first-order chi connectivity index (χ1) is 30.8. The summed E-state index contributed by atoms with van der Waals surface area (Å²) in [7, 11) is 1.52. The van der Waals surface area contributed by atoms with E-state index in [4.69, 9.17) is 31.0 Å². The largest absolute Gasteiger partial charge is 0.478 e. The maximum absolute atomic E-state index is 13.3. The lowest BCUT2D eigenvalue weighted by Crippen LogP contribution is -2.59. The van der Waals surface area contributed by atoms with Crippen LogP contribution in [0.2, 0.25) is 5.02 Å². The first kappa shape index (κ1) is 43.7. The van der Waals surface area contributed by atoms with Crippen LogP contribution in [-0.4, -0.2) is 135 Å². The van der Waals surface area contributed by atoms with Gasteiger partial charge in [0.1, 0.15) is 17.1 Å². The number of benzene rings is 1. The molecule has 19 heteroatoms. The van der Waals surface area contributed by atoms with Crippen LogP contribution in [0, 0.1) is 0 Å². The molecular formula is C45H56ClN11O7. The highest BCUT2D eigenvalue weighted by Gasteiger charge is 2.42. The van der Waals surface area contributed by atoms with Crippen molar-refractivity contribution in [2.24, 2.45) is 0 Å². The normalized spacial score (nSPS) is 24.2. The fourth-order valence-electron chi connectivity index (χ4n) is 9.75. The van der Waals surface area contributed by atoms with Crippen LogP contribution >= 0.6 is 11.6 Å². The monoisotopic (exact) mass is 897 g/mol. The molecule has 0 bridgehead atoms. The second-order valence-electron chi connectivity index (χ2n) is 17.8. The van der Waals surface area contributed by atoms with Gasteiger partial charge in [-0.3, -0.25) is 24.1 Å². The molecule has 4 fully saturated rings. The molecule has 2 unspecified atom stereocenters. The number of fused-ring (bicyclic) bond motifs is 2. The van der Waals surface area contributed by atoms with Crippen molar-refractivity contribution in [1.29, 1.82) is 0 Å². The highest BCUT2D eigenvalue weighted by Crippen LogP contribution is 2.35. The summed E-state index contributed by atoms with van der Waals surface area (Å²) in [5.74, 6) is 1.33. The van der Waals surface area contributed by atoms with Crippen LogP contribution in [0.3, 0.4) is 0 Å². The zero-order valence-corrected chi connectivity index (χ0v) is 37.4. The third-order valence-corrected chi connectivity index (χ3v) is 13.6. The predicted octanol–water partition coefficient (Wildman–Crippen LogP) is 3.57. The maximum Gasteiger partial charge on any atom is 0.293 e. The molecular weight excluding hydrogens is 842 g/mol. The van der Waals surface area contributed by atoms with Crippen molar-refractivity contribution < 1.29 is 29.0 Å². The summed E-state index contributed by atoms with van der Waals surface area (Å²) in [5.41, 5.74) is 2.43. The molecule has 5 aliphatic rings. The van der Waals surface area contributed by atoms with Gasteiger partial charge in [0.05, 0.1) is 47.8 Å². The number of halogens is 1. The van der Waals surface area contributed by atoms with Crippen LogP contribution in [0.4, 0.5) is 23.3 Å². The number of carbonyl (C=O) groups is 3. The summed E-state index contributed by atoms with van der Waals surface area (Å²) in [6.45, 7) is 10.3. The van der Waals surface area contributed by atoms with E-state index < -0.39 is 12.3 Å².